The number of nitrogens with one attached hydrogen (secondary N) is 2. The van der Waals surface area contributed by atoms with Crippen molar-refractivity contribution in [3.8, 4) is 34.1 Å². The van der Waals surface area contributed by atoms with Gasteiger partial charge in [-0.1, -0.05) is 35.9 Å². The second kappa shape index (κ2) is 10.3. The summed E-state index contributed by atoms with van der Waals surface area (Å²) in [5.41, 5.74) is 2.23. The molecule has 0 saturated heterocycles. The molecule has 0 amide bonds. The zero-order valence-electron chi connectivity index (χ0n) is 17.3. The molecular formula is C23H23ClN2O7. The van der Waals surface area contributed by atoms with Crippen LogP contribution in [0.4, 0.5) is 5.69 Å². The van der Waals surface area contributed by atoms with Gasteiger partial charge in [0.1, 0.15) is 10.8 Å². The fourth-order valence-corrected chi connectivity index (χ4v) is 3.47. The van der Waals surface area contributed by atoms with E-state index in [4.69, 9.17) is 16.7 Å². The van der Waals surface area contributed by atoms with Gasteiger partial charge in [-0.2, -0.15) is 0 Å². The van der Waals surface area contributed by atoms with Gasteiger partial charge in [-0.25, -0.2) is 4.79 Å². The molecule has 0 aliphatic heterocycles. The number of carbonyl (C=O) groups is 1. The predicted octanol–water partition coefficient (Wildman–Crippen LogP) is 3.26. The standard InChI is InChI=1S/C23H23ClN2O7/c24-18-19(28)17(20(29)22(31)21(18)30)16(27)11-25-7-8-26-15-6-2-4-13(10-15)12-3-1-5-14(9-12)23(32)33/h1-6,9-10,16,25-31H,7-8,11H2,(H,32,33). The van der Waals surface area contributed by atoms with Crippen LogP contribution in [0.5, 0.6) is 23.0 Å². The van der Waals surface area contributed by atoms with Gasteiger partial charge in [0.2, 0.25) is 5.75 Å². The highest BCUT2D eigenvalue weighted by molar-refractivity contribution is 6.34. The van der Waals surface area contributed by atoms with E-state index in [1.807, 2.05) is 30.3 Å². The van der Waals surface area contributed by atoms with Crippen LogP contribution in [0.1, 0.15) is 22.0 Å². The van der Waals surface area contributed by atoms with Crippen LogP contribution in [0.2, 0.25) is 5.02 Å². The Labute approximate surface area is 194 Å². The van der Waals surface area contributed by atoms with Crippen LogP contribution < -0.4 is 10.6 Å². The van der Waals surface area contributed by atoms with Crippen LogP contribution in [-0.4, -0.2) is 56.2 Å². The van der Waals surface area contributed by atoms with Crippen molar-refractivity contribution in [1.29, 1.82) is 0 Å². The van der Waals surface area contributed by atoms with E-state index < -0.39 is 45.7 Å². The number of phenols is 4. The maximum atomic E-state index is 11.2. The molecule has 0 radical (unpaired) electrons. The lowest BCUT2D eigenvalue weighted by Crippen LogP contribution is -2.27. The third-order valence-electron chi connectivity index (χ3n) is 4.98. The minimum atomic E-state index is -1.40. The molecule has 174 valence electrons. The summed E-state index contributed by atoms with van der Waals surface area (Å²) in [6.45, 7) is 0.783. The summed E-state index contributed by atoms with van der Waals surface area (Å²) >= 11 is 5.70. The topological polar surface area (TPSA) is 163 Å². The summed E-state index contributed by atoms with van der Waals surface area (Å²) in [5, 5.41) is 64.1. The van der Waals surface area contributed by atoms with Gasteiger partial charge < -0.3 is 41.3 Å². The maximum Gasteiger partial charge on any atom is 0.335 e. The predicted molar refractivity (Wildman–Crippen MR) is 123 cm³/mol. The number of carboxylic acid groups (broad SMARTS) is 1. The highest BCUT2D eigenvalue weighted by atomic mass is 35.5. The quantitative estimate of drug-likeness (QED) is 0.132. The number of benzene rings is 3. The van der Waals surface area contributed by atoms with E-state index >= 15 is 0 Å². The molecule has 0 fully saturated rings. The number of aromatic hydroxyl groups is 4. The fourth-order valence-electron chi connectivity index (χ4n) is 3.28. The zero-order chi connectivity index (χ0) is 24.1. The first-order valence-electron chi connectivity index (χ1n) is 9.92. The third-order valence-corrected chi connectivity index (χ3v) is 5.34. The number of phenolic OH excluding ortho intramolecular Hbond substituents is 4. The van der Waals surface area contributed by atoms with Crippen molar-refractivity contribution in [2.75, 3.05) is 25.0 Å². The van der Waals surface area contributed by atoms with Crippen LogP contribution >= 0.6 is 11.6 Å². The molecule has 1 atom stereocenters. The van der Waals surface area contributed by atoms with Crippen LogP contribution in [0, 0.1) is 0 Å². The molecule has 10 heteroatoms. The van der Waals surface area contributed by atoms with Crippen molar-refractivity contribution in [3.63, 3.8) is 0 Å². The van der Waals surface area contributed by atoms with Crippen molar-refractivity contribution in [1.82, 2.24) is 5.32 Å². The van der Waals surface area contributed by atoms with E-state index in [9.17, 15) is 30.3 Å². The summed E-state index contributed by atoms with van der Waals surface area (Å²) in [6.07, 6.45) is -1.40. The van der Waals surface area contributed by atoms with Gasteiger partial charge in [-0.3, -0.25) is 0 Å². The molecule has 0 aliphatic rings. The molecule has 0 bridgehead atoms. The first-order chi connectivity index (χ1) is 15.7. The molecule has 1 unspecified atom stereocenters. The van der Waals surface area contributed by atoms with E-state index in [1.165, 1.54) is 6.07 Å². The molecule has 3 aromatic carbocycles. The zero-order valence-corrected chi connectivity index (χ0v) is 18.0. The molecule has 0 aliphatic carbocycles. The Morgan fingerprint density at radius 2 is 1.55 bits per heavy atom. The number of carboxylic acids is 1. The Morgan fingerprint density at radius 1 is 0.879 bits per heavy atom. The van der Waals surface area contributed by atoms with Crippen molar-refractivity contribution in [3.05, 3.63) is 64.7 Å². The highest BCUT2D eigenvalue weighted by Gasteiger charge is 2.26. The highest BCUT2D eigenvalue weighted by Crippen LogP contribution is 2.51. The number of aromatic carboxylic acids is 1. The summed E-state index contributed by atoms with van der Waals surface area (Å²) in [4.78, 5) is 11.2. The smallest absolute Gasteiger partial charge is 0.335 e. The SMILES string of the molecule is O=C(O)c1cccc(-c2cccc(NCCNCC(O)c3c(O)c(O)c(O)c(Cl)c3O)c2)c1. The summed E-state index contributed by atoms with van der Waals surface area (Å²) in [6, 6.07) is 14.1. The van der Waals surface area contributed by atoms with E-state index in [1.54, 1.807) is 12.1 Å². The number of aliphatic hydroxyl groups is 1. The van der Waals surface area contributed by atoms with Crippen LogP contribution in [-0.2, 0) is 0 Å². The number of halogens is 1. The lowest BCUT2D eigenvalue weighted by atomic mass is 10.0. The number of hydrogen-bond acceptors (Lipinski definition) is 8. The summed E-state index contributed by atoms with van der Waals surface area (Å²) in [7, 11) is 0. The maximum absolute atomic E-state index is 11.2. The van der Waals surface area contributed by atoms with Gasteiger partial charge >= 0.3 is 5.97 Å². The molecule has 0 spiro atoms. The molecule has 0 heterocycles. The molecular weight excluding hydrogens is 452 g/mol. The molecule has 0 saturated carbocycles. The van der Waals surface area contributed by atoms with Gasteiger partial charge in [0, 0.05) is 25.3 Å². The Balaban J connectivity index is 1.56. The number of hydrogen-bond donors (Lipinski definition) is 8. The van der Waals surface area contributed by atoms with Crippen molar-refractivity contribution in [2.24, 2.45) is 0 Å². The Morgan fingerprint density at radius 3 is 2.24 bits per heavy atom. The Hall–Kier alpha value is -3.66. The Kier molecular flexibility index (Phi) is 7.49. The average Bonchev–Trinajstić information content (AvgIpc) is 2.81. The first-order valence-corrected chi connectivity index (χ1v) is 10.3. The van der Waals surface area contributed by atoms with E-state index in [2.05, 4.69) is 10.6 Å². The van der Waals surface area contributed by atoms with Gasteiger partial charge in [-0.15, -0.1) is 0 Å². The molecule has 3 rings (SSSR count). The molecule has 3 aromatic rings. The number of rotatable bonds is 9. The molecule has 8 N–H and O–H groups in total. The minimum Gasteiger partial charge on any atom is -0.506 e. The van der Waals surface area contributed by atoms with E-state index in [0.29, 0.717) is 13.1 Å². The molecule has 9 nitrogen and oxygen atoms in total. The van der Waals surface area contributed by atoms with Crippen LogP contribution in [0.15, 0.2) is 48.5 Å². The number of anilines is 1. The molecule has 33 heavy (non-hydrogen) atoms. The fraction of sp³-hybridized carbons (Fsp3) is 0.174. The normalized spacial score (nSPS) is 11.8. The average molecular weight is 475 g/mol. The van der Waals surface area contributed by atoms with Gasteiger partial charge in [0.15, 0.2) is 11.5 Å². The largest absolute Gasteiger partial charge is 0.506 e. The van der Waals surface area contributed by atoms with E-state index in [-0.39, 0.29) is 12.1 Å². The van der Waals surface area contributed by atoms with E-state index in [0.717, 1.165) is 16.8 Å². The molecule has 0 aromatic heterocycles. The monoisotopic (exact) mass is 474 g/mol. The minimum absolute atomic E-state index is 0.0780. The van der Waals surface area contributed by atoms with Crippen LogP contribution in [0.25, 0.3) is 11.1 Å². The number of aliphatic hydroxyl groups excluding tert-OH is 1. The second-order valence-corrected chi connectivity index (χ2v) is 7.61. The van der Waals surface area contributed by atoms with Crippen LogP contribution in [0.3, 0.4) is 0 Å². The van der Waals surface area contributed by atoms with Gasteiger partial charge in [0.25, 0.3) is 0 Å². The van der Waals surface area contributed by atoms with Crippen molar-refractivity contribution in [2.45, 2.75) is 6.10 Å². The summed E-state index contributed by atoms with van der Waals surface area (Å²) in [5.74, 6) is -4.38. The Bertz CT molecular complexity index is 1140. The van der Waals surface area contributed by atoms with Gasteiger partial charge in [0.05, 0.1) is 17.2 Å². The van der Waals surface area contributed by atoms with Crippen molar-refractivity contribution >= 4 is 23.3 Å². The lowest BCUT2D eigenvalue weighted by molar-refractivity contribution is 0.0697. The summed E-state index contributed by atoms with van der Waals surface area (Å²) < 4.78 is 0. The third kappa shape index (κ3) is 5.40. The first kappa shape index (κ1) is 24.0. The second-order valence-electron chi connectivity index (χ2n) is 7.24. The van der Waals surface area contributed by atoms with Crippen molar-refractivity contribution < 1.29 is 35.4 Å². The lowest BCUT2D eigenvalue weighted by Gasteiger charge is -2.18. The van der Waals surface area contributed by atoms with Gasteiger partial charge in [-0.05, 0) is 35.4 Å².